The van der Waals surface area contributed by atoms with Gasteiger partial charge in [0, 0.05) is 25.2 Å². The Kier molecular flexibility index (Phi) is 4.80. The molecule has 0 bridgehead atoms. The lowest BCUT2D eigenvalue weighted by Gasteiger charge is -2.40. The molecule has 0 radical (unpaired) electrons. The molecule has 0 aromatic heterocycles. The number of likely N-dealkylation sites (tertiary alicyclic amines) is 1. The molecule has 4 atom stereocenters. The lowest BCUT2D eigenvalue weighted by Crippen LogP contribution is -2.53. The molecule has 0 aromatic rings. The Morgan fingerprint density at radius 2 is 2.00 bits per heavy atom. The fourth-order valence-electron chi connectivity index (χ4n) is 2.20. The minimum absolute atomic E-state index is 0.0400. The van der Waals surface area contributed by atoms with Crippen LogP contribution in [-0.4, -0.2) is 54.5 Å². The summed E-state index contributed by atoms with van der Waals surface area (Å²) >= 11 is 0. The van der Waals surface area contributed by atoms with Crippen molar-refractivity contribution in [1.82, 2.24) is 10.2 Å². The molecule has 0 aliphatic carbocycles. The molecule has 1 aliphatic heterocycles. The number of hydrogen-bond donors (Lipinski definition) is 2. The van der Waals surface area contributed by atoms with Gasteiger partial charge in [-0.3, -0.25) is 0 Å². The molecule has 1 fully saturated rings. The third-order valence-electron chi connectivity index (χ3n) is 3.56. The first kappa shape index (κ1) is 14.7. The second-order valence-corrected chi connectivity index (χ2v) is 5.07. The van der Waals surface area contributed by atoms with Crippen LogP contribution in [0.5, 0.6) is 0 Å². The molecule has 1 rings (SSSR count). The molecule has 0 aromatic carbocycles. The predicted molar refractivity (Wildman–Crippen MR) is 59.7 cm³/mol. The summed E-state index contributed by atoms with van der Waals surface area (Å²) < 4.78 is 36.4. The number of rotatable bonds is 3. The van der Waals surface area contributed by atoms with Crippen molar-refractivity contribution in [2.45, 2.75) is 44.6 Å². The lowest BCUT2D eigenvalue weighted by molar-refractivity contribution is -0.202. The average Bonchev–Trinajstić information content (AvgIpc) is 2.19. The van der Waals surface area contributed by atoms with E-state index in [-0.39, 0.29) is 12.0 Å². The van der Waals surface area contributed by atoms with Crippen molar-refractivity contribution in [1.29, 1.82) is 0 Å². The zero-order valence-electron chi connectivity index (χ0n) is 10.5. The highest BCUT2D eigenvalue weighted by atomic mass is 19.4. The first-order valence-electron chi connectivity index (χ1n) is 5.90. The topological polar surface area (TPSA) is 35.5 Å². The van der Waals surface area contributed by atoms with Gasteiger partial charge < -0.3 is 15.3 Å². The molecule has 17 heavy (non-hydrogen) atoms. The molecule has 1 aliphatic rings. The van der Waals surface area contributed by atoms with Gasteiger partial charge in [0.05, 0.1) is 0 Å². The maximum atomic E-state index is 12.1. The molecular weight excluding hydrogens is 233 g/mol. The van der Waals surface area contributed by atoms with Crippen LogP contribution in [0.2, 0.25) is 0 Å². The van der Waals surface area contributed by atoms with Gasteiger partial charge in [0.15, 0.2) is 6.10 Å². The number of aliphatic hydroxyl groups excluding tert-OH is 1. The fourth-order valence-corrected chi connectivity index (χ4v) is 2.20. The molecule has 4 unspecified atom stereocenters. The summed E-state index contributed by atoms with van der Waals surface area (Å²) in [4.78, 5) is 2.20. The van der Waals surface area contributed by atoms with Crippen LogP contribution in [-0.2, 0) is 0 Å². The van der Waals surface area contributed by atoms with Crippen molar-refractivity contribution < 1.29 is 18.3 Å². The van der Waals surface area contributed by atoms with Gasteiger partial charge in [0.2, 0.25) is 0 Å². The second-order valence-electron chi connectivity index (χ2n) is 5.07. The SMILES string of the molecule is CC1CN(C)C(C)CC1NCC(O)C(F)(F)F. The van der Waals surface area contributed by atoms with E-state index in [2.05, 4.69) is 17.1 Å². The van der Waals surface area contributed by atoms with Gasteiger partial charge in [-0.15, -0.1) is 0 Å². The Balaban J connectivity index is 2.41. The number of alkyl halides is 3. The molecule has 1 heterocycles. The lowest BCUT2D eigenvalue weighted by atomic mass is 9.90. The van der Waals surface area contributed by atoms with Crippen LogP contribution in [0.15, 0.2) is 0 Å². The van der Waals surface area contributed by atoms with E-state index in [4.69, 9.17) is 5.11 Å². The molecule has 2 N–H and O–H groups in total. The van der Waals surface area contributed by atoms with Crippen LogP contribution in [0.3, 0.4) is 0 Å². The van der Waals surface area contributed by atoms with Gasteiger partial charge in [0.25, 0.3) is 0 Å². The number of hydrogen-bond acceptors (Lipinski definition) is 3. The Hall–Kier alpha value is -0.330. The Bertz CT molecular complexity index is 247. The molecule has 3 nitrogen and oxygen atoms in total. The summed E-state index contributed by atoms with van der Waals surface area (Å²) in [6, 6.07) is 0.393. The molecule has 1 saturated heterocycles. The summed E-state index contributed by atoms with van der Waals surface area (Å²) in [5.74, 6) is 0.289. The number of aliphatic hydroxyl groups is 1. The van der Waals surface area contributed by atoms with E-state index in [9.17, 15) is 13.2 Å². The van der Waals surface area contributed by atoms with Crippen molar-refractivity contribution in [3.63, 3.8) is 0 Å². The molecule has 0 amide bonds. The van der Waals surface area contributed by atoms with E-state index in [0.29, 0.717) is 6.04 Å². The quantitative estimate of drug-likeness (QED) is 0.795. The second kappa shape index (κ2) is 5.54. The summed E-state index contributed by atoms with van der Waals surface area (Å²) in [7, 11) is 2.02. The highest BCUT2D eigenvalue weighted by Gasteiger charge is 2.39. The minimum atomic E-state index is -4.53. The number of nitrogens with one attached hydrogen (secondary N) is 1. The van der Waals surface area contributed by atoms with Gasteiger partial charge in [-0.25, -0.2) is 0 Å². The van der Waals surface area contributed by atoms with Gasteiger partial charge in [-0.05, 0) is 26.3 Å². The Labute approximate surface area is 100.0 Å². The van der Waals surface area contributed by atoms with E-state index in [1.54, 1.807) is 0 Å². The number of piperidine rings is 1. The van der Waals surface area contributed by atoms with E-state index in [1.807, 2.05) is 14.0 Å². The number of nitrogens with zero attached hydrogens (tertiary/aromatic N) is 1. The standard InChI is InChI=1S/C11H21F3N2O/c1-7-6-16(3)8(2)4-9(7)15-5-10(17)11(12,13)14/h7-10,15,17H,4-6H2,1-3H3. The average molecular weight is 254 g/mol. The summed E-state index contributed by atoms with van der Waals surface area (Å²) in [5.41, 5.74) is 0. The van der Waals surface area contributed by atoms with Crippen LogP contribution in [0.1, 0.15) is 20.3 Å². The van der Waals surface area contributed by atoms with Crippen molar-refractivity contribution >= 4 is 0 Å². The molecule has 102 valence electrons. The summed E-state index contributed by atoms with van der Waals surface area (Å²) in [6.07, 6.45) is -6.00. The third kappa shape index (κ3) is 4.12. The van der Waals surface area contributed by atoms with Crippen LogP contribution in [0.25, 0.3) is 0 Å². The van der Waals surface area contributed by atoms with Crippen LogP contribution in [0.4, 0.5) is 13.2 Å². The Morgan fingerprint density at radius 1 is 1.41 bits per heavy atom. The van der Waals surface area contributed by atoms with Gasteiger partial charge >= 0.3 is 6.18 Å². The highest BCUT2D eigenvalue weighted by Crippen LogP contribution is 2.22. The van der Waals surface area contributed by atoms with Gasteiger partial charge in [0.1, 0.15) is 0 Å². The smallest absolute Gasteiger partial charge is 0.382 e. The van der Waals surface area contributed by atoms with Crippen molar-refractivity contribution in [3.8, 4) is 0 Å². The van der Waals surface area contributed by atoms with Crippen molar-refractivity contribution in [2.75, 3.05) is 20.1 Å². The van der Waals surface area contributed by atoms with Crippen molar-refractivity contribution in [3.05, 3.63) is 0 Å². The van der Waals surface area contributed by atoms with Gasteiger partial charge in [-0.1, -0.05) is 6.92 Å². The molecular formula is C11H21F3N2O. The summed E-state index contributed by atoms with van der Waals surface area (Å²) in [6.45, 7) is 4.51. The van der Waals surface area contributed by atoms with Crippen LogP contribution < -0.4 is 5.32 Å². The maximum Gasteiger partial charge on any atom is 0.415 e. The maximum absolute atomic E-state index is 12.1. The molecule has 6 heteroatoms. The van der Waals surface area contributed by atoms with Gasteiger partial charge in [-0.2, -0.15) is 13.2 Å². The highest BCUT2D eigenvalue weighted by molar-refractivity contribution is 4.87. The minimum Gasteiger partial charge on any atom is -0.382 e. The Morgan fingerprint density at radius 3 is 2.53 bits per heavy atom. The molecule has 0 saturated carbocycles. The normalized spacial score (nSPS) is 33.7. The van der Waals surface area contributed by atoms with Crippen molar-refractivity contribution in [2.24, 2.45) is 5.92 Å². The largest absolute Gasteiger partial charge is 0.415 e. The first-order valence-corrected chi connectivity index (χ1v) is 5.90. The number of halogens is 3. The van der Waals surface area contributed by atoms with E-state index >= 15 is 0 Å². The first-order chi connectivity index (χ1) is 7.71. The fraction of sp³-hybridized carbons (Fsp3) is 1.00. The third-order valence-corrected chi connectivity index (χ3v) is 3.56. The van der Waals surface area contributed by atoms with Crippen LogP contribution >= 0.6 is 0 Å². The van der Waals surface area contributed by atoms with Crippen LogP contribution in [0, 0.1) is 5.92 Å². The van der Waals surface area contributed by atoms with E-state index < -0.39 is 18.8 Å². The summed E-state index contributed by atoms with van der Waals surface area (Å²) in [5, 5.41) is 11.8. The zero-order valence-corrected chi connectivity index (χ0v) is 10.5. The van der Waals surface area contributed by atoms with E-state index in [0.717, 1.165) is 13.0 Å². The zero-order chi connectivity index (χ0) is 13.2. The van der Waals surface area contributed by atoms with E-state index in [1.165, 1.54) is 0 Å². The monoisotopic (exact) mass is 254 g/mol. The predicted octanol–water partition coefficient (Wildman–Crippen LogP) is 1.23. The molecule has 0 spiro atoms.